The number of benzene rings is 2. The zero-order valence-corrected chi connectivity index (χ0v) is 35.0. The van der Waals surface area contributed by atoms with Crippen molar-refractivity contribution >= 4 is 73.5 Å². The maximum absolute atomic E-state index is 13.5. The van der Waals surface area contributed by atoms with Crippen LogP contribution in [0.15, 0.2) is 40.8 Å². The third-order valence-corrected chi connectivity index (χ3v) is 11.0. The van der Waals surface area contributed by atoms with Gasteiger partial charge in [-0.2, -0.15) is 0 Å². The van der Waals surface area contributed by atoms with Crippen LogP contribution in [-0.2, 0) is 27.2 Å². The van der Waals surface area contributed by atoms with Crippen LogP contribution in [0.1, 0.15) is 10.4 Å². The summed E-state index contributed by atoms with van der Waals surface area (Å²) in [6.07, 6.45) is -2.85. The minimum atomic E-state index is -2.14. The fraction of sp³-hybridized carbons (Fsp3) is 0.562. The Morgan fingerprint density at radius 1 is 0.723 bits per heavy atom. The van der Waals surface area contributed by atoms with Crippen molar-refractivity contribution in [2.75, 3.05) is 6.61 Å². The Hall–Kier alpha value is -1.37. The number of ether oxygens (including phenoxy) is 2. The number of fused-ring (bicyclic) bond motifs is 1. The van der Waals surface area contributed by atoms with Crippen molar-refractivity contribution in [2.45, 2.75) is 109 Å². The minimum Gasteiger partial charge on any atom is -0.459 e. The van der Waals surface area contributed by atoms with Crippen molar-refractivity contribution in [1.29, 1.82) is 0 Å². The number of carbonyl (C=O) groups is 1. The summed E-state index contributed by atoms with van der Waals surface area (Å²) in [5, 5.41) is 0.933. The van der Waals surface area contributed by atoms with Gasteiger partial charge in [-0.15, -0.1) is 0 Å². The van der Waals surface area contributed by atoms with E-state index in [2.05, 4.69) is 83.5 Å². The maximum atomic E-state index is 13.5. The third-order valence-electron chi connectivity index (χ3n) is 6.64. The molecule has 9 nitrogen and oxygen atoms in total. The lowest BCUT2D eigenvalue weighted by molar-refractivity contribution is -0.269. The predicted octanol–water partition coefficient (Wildman–Crippen LogP) is 9.20. The first-order valence-corrected chi connectivity index (χ1v) is 30.3. The highest BCUT2D eigenvalue weighted by Crippen LogP contribution is 2.36. The zero-order valence-electron chi connectivity index (χ0n) is 29.5. The van der Waals surface area contributed by atoms with Gasteiger partial charge in [0.15, 0.2) is 45.1 Å². The molecule has 4 rings (SSSR count). The lowest BCUT2D eigenvalue weighted by atomic mass is 9.99. The Morgan fingerprint density at radius 2 is 1.26 bits per heavy atom. The maximum Gasteiger partial charge on any atom is 0.338 e. The number of rotatable bonds is 12. The molecule has 0 spiro atoms. The second-order valence-electron chi connectivity index (χ2n) is 15.8. The van der Waals surface area contributed by atoms with Gasteiger partial charge in [0.25, 0.3) is 0 Å². The second-order valence-corrected chi connectivity index (χ2v) is 34.5. The third kappa shape index (κ3) is 11.3. The molecule has 0 saturated carbocycles. The molecule has 3 aromatic rings. The molecule has 2 aromatic carbocycles. The zero-order chi connectivity index (χ0) is 35.1. The van der Waals surface area contributed by atoms with Crippen LogP contribution in [-0.4, -0.2) is 81.5 Å². The van der Waals surface area contributed by atoms with Gasteiger partial charge in [0.05, 0.1) is 5.56 Å². The summed E-state index contributed by atoms with van der Waals surface area (Å²) >= 11 is 12.4. The molecule has 1 fully saturated rings. The number of esters is 1. The highest BCUT2D eigenvalue weighted by atomic mass is 35.5. The summed E-state index contributed by atoms with van der Waals surface area (Å²) in [5.41, 5.74) is 1.95. The van der Waals surface area contributed by atoms with E-state index in [1.807, 2.05) is 0 Å². The van der Waals surface area contributed by atoms with E-state index in [1.165, 1.54) is 0 Å². The number of halogens is 2. The van der Waals surface area contributed by atoms with Gasteiger partial charge in [-0.1, -0.05) is 23.2 Å². The predicted molar refractivity (Wildman–Crippen MR) is 197 cm³/mol. The molecule has 0 bridgehead atoms. The molecular weight excluding hydrogens is 710 g/mol. The number of aromatic nitrogens is 1. The molecule has 1 aromatic heterocycles. The summed E-state index contributed by atoms with van der Waals surface area (Å²) in [4.78, 5) is 18.0. The van der Waals surface area contributed by atoms with Crippen LogP contribution in [0.5, 0.6) is 0 Å². The molecule has 15 heteroatoms. The molecule has 2 heterocycles. The number of oxazole rings is 1. The van der Waals surface area contributed by atoms with E-state index < -0.39 is 69.9 Å². The topological polar surface area (TPSA) is 98.5 Å². The standard InChI is InChI=1S/C32H49Cl2NO8Si4/c1-44(2,3)40-27-26(39-32(43-47(10,11)12)29(42-46(7,8)9)28(27)41-45(4,5)6)19-37-31(36)20-13-14-24-25(17-20)38-30(35-24)21-15-22(33)18-23(34)16-21/h13-18,26-29,32H,19H2,1-12H3. The fourth-order valence-corrected chi connectivity index (χ4v) is 9.84. The highest BCUT2D eigenvalue weighted by Gasteiger charge is 2.53. The molecule has 0 aliphatic carbocycles. The van der Waals surface area contributed by atoms with Crippen molar-refractivity contribution in [3.05, 3.63) is 52.0 Å². The van der Waals surface area contributed by atoms with Crippen LogP contribution in [0.25, 0.3) is 22.6 Å². The van der Waals surface area contributed by atoms with E-state index >= 15 is 0 Å². The van der Waals surface area contributed by atoms with E-state index in [4.69, 9.17) is 54.8 Å². The number of hydrogen-bond donors (Lipinski definition) is 0. The fourth-order valence-electron chi connectivity index (χ4n) is 5.18. The quantitative estimate of drug-likeness (QED) is 0.132. The van der Waals surface area contributed by atoms with Crippen LogP contribution in [0, 0.1) is 0 Å². The van der Waals surface area contributed by atoms with Gasteiger partial charge in [-0.05, 0) is 115 Å². The van der Waals surface area contributed by atoms with E-state index in [1.54, 1.807) is 36.4 Å². The first-order chi connectivity index (χ1) is 21.5. The van der Waals surface area contributed by atoms with Gasteiger partial charge in [-0.25, -0.2) is 9.78 Å². The average Bonchev–Trinajstić information content (AvgIpc) is 3.31. The Bertz CT molecular complexity index is 1540. The molecule has 0 N–H and O–H groups in total. The molecule has 1 aliphatic heterocycles. The molecule has 5 unspecified atom stereocenters. The monoisotopic (exact) mass is 757 g/mol. The molecule has 1 aliphatic rings. The summed E-state index contributed by atoms with van der Waals surface area (Å²) in [6, 6.07) is 10.1. The SMILES string of the molecule is C[Si](C)(C)OC1OC(COC(=O)c2ccc3nc(-c4cc(Cl)cc(Cl)c4)oc3c2)C(O[Si](C)(C)C)C(O[Si](C)(C)C)C1O[Si](C)(C)C. The van der Waals surface area contributed by atoms with E-state index in [0.717, 1.165) is 0 Å². The number of hydrogen-bond acceptors (Lipinski definition) is 9. The van der Waals surface area contributed by atoms with Crippen LogP contribution in [0.4, 0.5) is 0 Å². The largest absolute Gasteiger partial charge is 0.459 e. The molecule has 260 valence electrons. The van der Waals surface area contributed by atoms with Gasteiger partial charge in [0.2, 0.25) is 5.89 Å². The Kier molecular flexibility index (Phi) is 11.8. The van der Waals surface area contributed by atoms with Gasteiger partial charge in [0, 0.05) is 15.6 Å². The van der Waals surface area contributed by atoms with E-state index in [0.29, 0.717) is 38.2 Å². The Morgan fingerprint density at radius 3 is 1.81 bits per heavy atom. The lowest BCUT2D eigenvalue weighted by Crippen LogP contribution is -2.67. The Labute approximate surface area is 293 Å². The molecule has 5 atom stereocenters. The van der Waals surface area contributed by atoms with Crippen LogP contribution in [0.2, 0.25) is 88.6 Å². The lowest BCUT2D eigenvalue weighted by Gasteiger charge is -2.51. The summed E-state index contributed by atoms with van der Waals surface area (Å²) in [7, 11) is -8.45. The minimum absolute atomic E-state index is 0.0640. The smallest absolute Gasteiger partial charge is 0.338 e. The van der Waals surface area contributed by atoms with Crippen molar-refractivity contribution in [3.8, 4) is 11.5 Å². The molecular formula is C32H49Cl2NO8Si4. The highest BCUT2D eigenvalue weighted by molar-refractivity contribution is 6.71. The summed E-state index contributed by atoms with van der Waals surface area (Å²) in [5.74, 6) is -0.189. The van der Waals surface area contributed by atoms with Crippen molar-refractivity contribution in [2.24, 2.45) is 0 Å². The molecule has 0 amide bonds. The van der Waals surface area contributed by atoms with Crippen molar-refractivity contribution in [1.82, 2.24) is 4.98 Å². The number of nitrogens with zero attached hydrogens (tertiary/aromatic N) is 1. The van der Waals surface area contributed by atoms with Crippen LogP contribution < -0.4 is 0 Å². The second kappa shape index (κ2) is 14.5. The van der Waals surface area contributed by atoms with Crippen molar-refractivity contribution in [3.63, 3.8) is 0 Å². The Balaban J connectivity index is 1.63. The van der Waals surface area contributed by atoms with E-state index in [9.17, 15) is 4.79 Å². The van der Waals surface area contributed by atoms with Gasteiger partial charge in [-0.3, -0.25) is 0 Å². The summed E-state index contributed by atoms with van der Waals surface area (Å²) in [6.45, 7) is 25.5. The molecule has 0 radical (unpaired) electrons. The van der Waals surface area contributed by atoms with Gasteiger partial charge in [0.1, 0.15) is 36.5 Å². The van der Waals surface area contributed by atoms with Gasteiger partial charge < -0.3 is 31.6 Å². The normalized spacial score (nSPS) is 22.9. The molecule has 1 saturated heterocycles. The first kappa shape index (κ1) is 38.4. The van der Waals surface area contributed by atoms with Crippen LogP contribution >= 0.6 is 23.2 Å². The average molecular weight is 759 g/mol. The van der Waals surface area contributed by atoms with Crippen molar-refractivity contribution < 1.29 is 36.4 Å². The summed E-state index contributed by atoms with van der Waals surface area (Å²) < 4.78 is 45.6. The molecule has 47 heavy (non-hydrogen) atoms. The number of carbonyl (C=O) groups excluding carboxylic acids is 1. The van der Waals surface area contributed by atoms with Gasteiger partial charge >= 0.3 is 5.97 Å². The van der Waals surface area contributed by atoms with E-state index in [-0.39, 0.29) is 6.61 Å². The first-order valence-electron chi connectivity index (χ1n) is 15.9. The van der Waals surface area contributed by atoms with Crippen LogP contribution in [0.3, 0.4) is 0 Å².